The monoisotopic (exact) mass is 224 g/mol. The average molecular weight is 224 g/mol. The lowest BCUT2D eigenvalue weighted by Crippen LogP contribution is -2.27. The number of hydrogen-bond donors (Lipinski definition) is 3. The lowest BCUT2D eigenvalue weighted by Gasteiger charge is -2.15. The van der Waals surface area contributed by atoms with Crippen LogP contribution in [-0.2, 0) is 0 Å². The van der Waals surface area contributed by atoms with Gasteiger partial charge in [-0.2, -0.15) is 0 Å². The van der Waals surface area contributed by atoms with Gasteiger partial charge in [-0.25, -0.2) is 0 Å². The van der Waals surface area contributed by atoms with Crippen molar-refractivity contribution in [2.75, 3.05) is 19.4 Å². The highest BCUT2D eigenvalue weighted by Crippen LogP contribution is 2.24. The standard InChI is InChI=1S/C12H20N2O2/c1-8(2)14-7-11(15)9-4-5-12(16-3)10(13)6-9/h4-6,8,11,14-15H,7,13H2,1-3H3. The van der Waals surface area contributed by atoms with E-state index in [1.54, 1.807) is 19.2 Å². The van der Waals surface area contributed by atoms with Crippen LogP contribution in [0.25, 0.3) is 0 Å². The van der Waals surface area contributed by atoms with Crippen molar-refractivity contribution in [1.82, 2.24) is 5.32 Å². The Morgan fingerprint density at radius 1 is 1.44 bits per heavy atom. The number of ether oxygens (including phenoxy) is 1. The maximum atomic E-state index is 9.90. The van der Waals surface area contributed by atoms with Crippen molar-refractivity contribution < 1.29 is 9.84 Å². The van der Waals surface area contributed by atoms with Gasteiger partial charge in [-0.3, -0.25) is 0 Å². The van der Waals surface area contributed by atoms with Gasteiger partial charge in [0.2, 0.25) is 0 Å². The van der Waals surface area contributed by atoms with Gasteiger partial charge >= 0.3 is 0 Å². The lowest BCUT2D eigenvalue weighted by atomic mass is 10.1. The molecule has 90 valence electrons. The molecule has 0 bridgehead atoms. The van der Waals surface area contributed by atoms with E-state index >= 15 is 0 Å². The van der Waals surface area contributed by atoms with Crippen molar-refractivity contribution in [3.8, 4) is 5.75 Å². The van der Waals surface area contributed by atoms with Crippen LogP contribution in [0.1, 0.15) is 25.5 Å². The van der Waals surface area contributed by atoms with Crippen molar-refractivity contribution in [3.63, 3.8) is 0 Å². The smallest absolute Gasteiger partial charge is 0.141 e. The molecule has 0 radical (unpaired) electrons. The Morgan fingerprint density at radius 2 is 2.12 bits per heavy atom. The third kappa shape index (κ3) is 3.40. The van der Waals surface area contributed by atoms with Gasteiger partial charge in [-0.15, -0.1) is 0 Å². The van der Waals surface area contributed by atoms with E-state index in [9.17, 15) is 5.11 Å². The van der Waals surface area contributed by atoms with Crippen LogP contribution in [0.3, 0.4) is 0 Å². The SMILES string of the molecule is COc1ccc(C(O)CNC(C)C)cc1N. The first-order chi connectivity index (χ1) is 7.54. The molecule has 0 aliphatic heterocycles. The van der Waals surface area contributed by atoms with Crippen LogP contribution < -0.4 is 15.8 Å². The summed E-state index contributed by atoms with van der Waals surface area (Å²) in [6.07, 6.45) is -0.546. The molecule has 0 aliphatic rings. The van der Waals surface area contributed by atoms with E-state index < -0.39 is 6.10 Å². The van der Waals surface area contributed by atoms with Crippen molar-refractivity contribution in [2.24, 2.45) is 0 Å². The summed E-state index contributed by atoms with van der Waals surface area (Å²) in [7, 11) is 1.57. The molecular weight excluding hydrogens is 204 g/mol. The summed E-state index contributed by atoms with van der Waals surface area (Å²) in [5.41, 5.74) is 7.11. The molecule has 1 atom stereocenters. The number of nitrogens with two attached hydrogens (primary N) is 1. The maximum Gasteiger partial charge on any atom is 0.141 e. The first-order valence-electron chi connectivity index (χ1n) is 5.39. The molecular formula is C12H20N2O2. The van der Waals surface area contributed by atoms with Gasteiger partial charge in [0.25, 0.3) is 0 Å². The van der Waals surface area contributed by atoms with Crippen molar-refractivity contribution in [1.29, 1.82) is 0 Å². The molecule has 0 amide bonds. The number of hydrogen-bond acceptors (Lipinski definition) is 4. The van der Waals surface area contributed by atoms with Crippen LogP contribution in [-0.4, -0.2) is 24.8 Å². The molecule has 0 saturated carbocycles. The predicted molar refractivity (Wildman–Crippen MR) is 65.5 cm³/mol. The Labute approximate surface area is 96.4 Å². The normalized spacial score (nSPS) is 12.8. The van der Waals surface area contributed by atoms with E-state index in [0.717, 1.165) is 5.56 Å². The molecule has 0 saturated heterocycles. The van der Waals surface area contributed by atoms with E-state index in [1.165, 1.54) is 0 Å². The Balaban J connectivity index is 2.69. The minimum Gasteiger partial charge on any atom is -0.495 e. The summed E-state index contributed by atoms with van der Waals surface area (Å²) in [5, 5.41) is 13.1. The molecule has 0 spiro atoms. The van der Waals surface area contributed by atoms with Crippen molar-refractivity contribution in [3.05, 3.63) is 23.8 Å². The van der Waals surface area contributed by atoms with Gasteiger partial charge in [0.1, 0.15) is 5.75 Å². The zero-order valence-corrected chi connectivity index (χ0v) is 10.0. The number of aliphatic hydroxyl groups is 1. The highest BCUT2D eigenvalue weighted by Gasteiger charge is 2.09. The number of nitrogens with one attached hydrogen (secondary N) is 1. The molecule has 1 aromatic carbocycles. The molecule has 4 heteroatoms. The quantitative estimate of drug-likeness (QED) is 0.660. The van der Waals surface area contributed by atoms with Crippen LogP contribution in [0.5, 0.6) is 5.75 Å². The molecule has 4 N–H and O–H groups in total. The second-order valence-corrected chi connectivity index (χ2v) is 4.08. The topological polar surface area (TPSA) is 67.5 Å². The number of aliphatic hydroxyl groups excluding tert-OH is 1. The lowest BCUT2D eigenvalue weighted by molar-refractivity contribution is 0.171. The zero-order chi connectivity index (χ0) is 12.1. The Bertz CT molecular complexity index is 340. The summed E-state index contributed by atoms with van der Waals surface area (Å²) in [6.45, 7) is 4.59. The molecule has 4 nitrogen and oxygen atoms in total. The van der Waals surface area contributed by atoms with Gasteiger partial charge in [-0.05, 0) is 17.7 Å². The second-order valence-electron chi connectivity index (χ2n) is 4.08. The van der Waals surface area contributed by atoms with Crippen LogP contribution in [0.2, 0.25) is 0 Å². The maximum absolute atomic E-state index is 9.90. The minimum absolute atomic E-state index is 0.352. The van der Waals surface area contributed by atoms with Gasteiger partial charge in [0.15, 0.2) is 0 Å². The van der Waals surface area contributed by atoms with Crippen LogP contribution in [0.4, 0.5) is 5.69 Å². The third-order valence-corrected chi connectivity index (χ3v) is 2.36. The van der Waals surface area contributed by atoms with Gasteiger partial charge in [0.05, 0.1) is 18.9 Å². The highest BCUT2D eigenvalue weighted by molar-refractivity contribution is 5.54. The van der Waals surface area contributed by atoms with Gasteiger partial charge in [-0.1, -0.05) is 19.9 Å². The molecule has 1 unspecified atom stereocenters. The number of nitrogen functional groups attached to an aromatic ring is 1. The van der Waals surface area contributed by atoms with E-state index in [-0.39, 0.29) is 0 Å². The fourth-order valence-corrected chi connectivity index (χ4v) is 1.43. The Hall–Kier alpha value is -1.26. The zero-order valence-electron chi connectivity index (χ0n) is 10.0. The van der Waals surface area contributed by atoms with E-state index in [1.807, 2.05) is 19.9 Å². The predicted octanol–water partition coefficient (Wildman–Crippen LogP) is 1.31. The number of rotatable bonds is 5. The second kappa shape index (κ2) is 5.72. The van der Waals surface area contributed by atoms with E-state index in [4.69, 9.17) is 10.5 Å². The number of benzene rings is 1. The third-order valence-electron chi connectivity index (χ3n) is 2.36. The molecule has 1 aromatic rings. The van der Waals surface area contributed by atoms with E-state index in [2.05, 4.69) is 5.32 Å². The molecule has 0 aliphatic carbocycles. The van der Waals surface area contributed by atoms with Crippen molar-refractivity contribution >= 4 is 5.69 Å². The summed E-state index contributed by atoms with van der Waals surface area (Å²) in [4.78, 5) is 0. The number of methoxy groups -OCH3 is 1. The molecule has 0 fully saturated rings. The summed E-state index contributed by atoms with van der Waals surface area (Å²) >= 11 is 0. The van der Waals surface area contributed by atoms with Crippen LogP contribution in [0.15, 0.2) is 18.2 Å². The highest BCUT2D eigenvalue weighted by atomic mass is 16.5. The largest absolute Gasteiger partial charge is 0.495 e. The van der Waals surface area contributed by atoms with Crippen LogP contribution in [0, 0.1) is 0 Å². The number of anilines is 1. The first-order valence-corrected chi connectivity index (χ1v) is 5.39. The van der Waals surface area contributed by atoms with E-state index in [0.29, 0.717) is 24.0 Å². The summed E-state index contributed by atoms with van der Waals surface area (Å²) < 4.78 is 5.06. The Kier molecular flexibility index (Phi) is 4.58. The average Bonchev–Trinajstić information content (AvgIpc) is 2.25. The fourth-order valence-electron chi connectivity index (χ4n) is 1.43. The minimum atomic E-state index is -0.546. The molecule has 0 heterocycles. The van der Waals surface area contributed by atoms with Crippen LogP contribution >= 0.6 is 0 Å². The fraction of sp³-hybridized carbons (Fsp3) is 0.500. The Morgan fingerprint density at radius 3 is 2.62 bits per heavy atom. The molecule has 0 aromatic heterocycles. The molecule has 16 heavy (non-hydrogen) atoms. The van der Waals surface area contributed by atoms with Gasteiger partial charge in [0, 0.05) is 12.6 Å². The first kappa shape index (κ1) is 12.8. The van der Waals surface area contributed by atoms with Gasteiger partial charge < -0.3 is 20.9 Å². The summed E-state index contributed by atoms with van der Waals surface area (Å²) in [5.74, 6) is 0.632. The summed E-state index contributed by atoms with van der Waals surface area (Å²) in [6, 6.07) is 5.68. The van der Waals surface area contributed by atoms with Crippen molar-refractivity contribution in [2.45, 2.75) is 26.0 Å². The molecule has 1 rings (SSSR count).